The third-order valence-corrected chi connectivity index (χ3v) is 7.56. The van der Waals surface area contributed by atoms with Crippen molar-refractivity contribution < 1.29 is 18.6 Å². The van der Waals surface area contributed by atoms with E-state index in [-0.39, 0.29) is 12.0 Å². The maximum absolute atomic E-state index is 12.4. The number of ether oxygens (including phenoxy) is 1. The van der Waals surface area contributed by atoms with Crippen LogP contribution in [0.25, 0.3) is 10.9 Å². The van der Waals surface area contributed by atoms with Crippen LogP contribution < -0.4 is 0 Å². The van der Waals surface area contributed by atoms with Gasteiger partial charge in [0.15, 0.2) is 0 Å². The standard InChI is InChI=1S/C24H30N2O4S/c1-24(2,3)30-23(27)26-14-12-17(13-15-26)19-10-7-11-20-21(16-25-22(19)20)31(28,29)18-8-5-4-6-9-18/h4-11,16-17,25,28-29H,12-15H2,1-3H3. The van der Waals surface area contributed by atoms with Gasteiger partial charge in [-0.25, -0.2) is 4.79 Å². The fourth-order valence-corrected chi connectivity index (χ4v) is 5.66. The molecule has 0 spiro atoms. The number of piperidine rings is 1. The molecule has 4 rings (SSSR count). The summed E-state index contributed by atoms with van der Waals surface area (Å²) in [5.41, 5.74) is 1.59. The molecule has 0 unspecified atom stereocenters. The molecule has 1 aromatic heterocycles. The van der Waals surface area contributed by atoms with Crippen molar-refractivity contribution in [2.75, 3.05) is 13.1 Å². The molecule has 0 bridgehead atoms. The highest BCUT2D eigenvalue weighted by Crippen LogP contribution is 2.58. The molecule has 1 saturated heterocycles. The summed E-state index contributed by atoms with van der Waals surface area (Å²) in [6, 6.07) is 14.9. The van der Waals surface area contributed by atoms with E-state index >= 15 is 0 Å². The average Bonchev–Trinajstić information content (AvgIpc) is 3.18. The number of hydrogen-bond donors (Lipinski definition) is 3. The largest absolute Gasteiger partial charge is 0.444 e. The lowest BCUT2D eigenvalue weighted by Crippen LogP contribution is -2.41. The number of rotatable bonds is 3. The number of carbonyl (C=O) groups is 1. The highest BCUT2D eigenvalue weighted by atomic mass is 32.3. The fourth-order valence-electron chi connectivity index (χ4n) is 4.16. The van der Waals surface area contributed by atoms with E-state index in [2.05, 4.69) is 11.1 Å². The van der Waals surface area contributed by atoms with Crippen LogP contribution in [0.1, 0.15) is 45.1 Å². The van der Waals surface area contributed by atoms with Gasteiger partial charge >= 0.3 is 6.09 Å². The lowest BCUT2D eigenvalue weighted by atomic mass is 9.88. The minimum Gasteiger partial charge on any atom is -0.444 e. The van der Waals surface area contributed by atoms with E-state index in [1.807, 2.05) is 51.1 Å². The second kappa shape index (κ2) is 8.22. The maximum Gasteiger partial charge on any atom is 0.410 e. The van der Waals surface area contributed by atoms with Crippen LogP contribution in [0.2, 0.25) is 0 Å². The van der Waals surface area contributed by atoms with Crippen LogP contribution in [0.5, 0.6) is 0 Å². The summed E-state index contributed by atoms with van der Waals surface area (Å²) in [4.78, 5) is 18.4. The Morgan fingerprint density at radius 2 is 1.74 bits per heavy atom. The molecule has 0 saturated carbocycles. The van der Waals surface area contributed by atoms with Crippen molar-refractivity contribution in [2.24, 2.45) is 0 Å². The summed E-state index contributed by atoms with van der Waals surface area (Å²) < 4.78 is 27.5. The number of para-hydroxylation sites is 1. The minimum atomic E-state index is -3.11. The number of aromatic nitrogens is 1. The summed E-state index contributed by atoms with van der Waals surface area (Å²) in [6.45, 7) is 6.91. The molecule has 6 nitrogen and oxygen atoms in total. The molecule has 31 heavy (non-hydrogen) atoms. The predicted octanol–water partition coefficient (Wildman–Crippen LogP) is 6.45. The first-order chi connectivity index (χ1) is 14.7. The summed E-state index contributed by atoms with van der Waals surface area (Å²) in [5.74, 6) is 0.285. The molecule has 1 amide bonds. The molecule has 166 valence electrons. The summed E-state index contributed by atoms with van der Waals surface area (Å²) in [5, 5.41) is 0.830. The minimum absolute atomic E-state index is 0.261. The van der Waals surface area contributed by atoms with Crippen LogP contribution in [0, 0.1) is 0 Å². The van der Waals surface area contributed by atoms with Crippen LogP contribution in [0.15, 0.2) is 64.5 Å². The van der Waals surface area contributed by atoms with E-state index in [1.54, 1.807) is 23.2 Å². The van der Waals surface area contributed by atoms with Gasteiger partial charge in [0.25, 0.3) is 0 Å². The highest BCUT2D eigenvalue weighted by molar-refractivity contribution is 8.24. The van der Waals surface area contributed by atoms with Crippen LogP contribution in [0.4, 0.5) is 4.79 Å². The Morgan fingerprint density at radius 3 is 2.39 bits per heavy atom. The third kappa shape index (κ3) is 4.44. The van der Waals surface area contributed by atoms with Crippen molar-refractivity contribution in [1.29, 1.82) is 0 Å². The van der Waals surface area contributed by atoms with E-state index in [1.165, 1.54) is 0 Å². The Balaban J connectivity index is 1.56. The van der Waals surface area contributed by atoms with E-state index in [9.17, 15) is 13.9 Å². The van der Waals surface area contributed by atoms with Gasteiger partial charge in [-0.2, -0.15) is 0 Å². The molecular weight excluding hydrogens is 412 g/mol. The number of nitrogens with one attached hydrogen (secondary N) is 1. The van der Waals surface area contributed by atoms with E-state index in [4.69, 9.17) is 4.74 Å². The Hall–Kier alpha value is -2.48. The summed E-state index contributed by atoms with van der Waals surface area (Å²) in [7, 11) is -3.11. The Bertz CT molecular complexity index is 1060. The lowest BCUT2D eigenvalue weighted by molar-refractivity contribution is 0.0205. The van der Waals surface area contributed by atoms with Crippen LogP contribution in [-0.4, -0.2) is 43.8 Å². The van der Waals surface area contributed by atoms with Crippen molar-refractivity contribution in [2.45, 2.75) is 54.9 Å². The highest BCUT2D eigenvalue weighted by Gasteiger charge is 2.29. The molecule has 7 heteroatoms. The van der Waals surface area contributed by atoms with Gasteiger partial charge in [0.05, 0.1) is 15.3 Å². The van der Waals surface area contributed by atoms with Gasteiger partial charge in [0, 0.05) is 24.7 Å². The van der Waals surface area contributed by atoms with Crippen molar-refractivity contribution >= 4 is 27.6 Å². The zero-order chi connectivity index (χ0) is 22.2. The molecular formula is C24H30N2O4S. The lowest BCUT2D eigenvalue weighted by Gasteiger charge is -2.34. The van der Waals surface area contributed by atoms with Gasteiger partial charge < -0.3 is 14.6 Å². The monoisotopic (exact) mass is 442 g/mol. The number of fused-ring (bicyclic) bond motifs is 1. The number of likely N-dealkylation sites (tertiary alicyclic amines) is 1. The zero-order valence-corrected chi connectivity index (χ0v) is 19.0. The number of benzene rings is 2. The predicted molar refractivity (Wildman–Crippen MR) is 124 cm³/mol. The van der Waals surface area contributed by atoms with Crippen molar-refractivity contribution in [1.82, 2.24) is 9.88 Å². The van der Waals surface area contributed by atoms with Crippen molar-refractivity contribution in [3.05, 3.63) is 60.3 Å². The normalized spacial score (nSPS) is 16.5. The molecule has 3 N–H and O–H groups in total. The Morgan fingerprint density at radius 1 is 1.06 bits per heavy atom. The second-order valence-corrected chi connectivity index (χ2v) is 11.0. The topological polar surface area (TPSA) is 85.8 Å². The smallest absolute Gasteiger partial charge is 0.410 e. The first-order valence-corrected chi connectivity index (χ1v) is 12.1. The molecule has 1 aliphatic rings. The molecule has 0 aliphatic carbocycles. The number of amides is 1. The molecule has 0 atom stereocenters. The number of carbonyl (C=O) groups excluding carboxylic acids is 1. The van der Waals surface area contributed by atoms with E-state index < -0.39 is 16.2 Å². The van der Waals surface area contributed by atoms with Gasteiger partial charge in [0.2, 0.25) is 0 Å². The van der Waals surface area contributed by atoms with Gasteiger partial charge in [-0.15, -0.1) is 10.6 Å². The van der Waals surface area contributed by atoms with Crippen molar-refractivity contribution in [3.8, 4) is 0 Å². The van der Waals surface area contributed by atoms with Gasteiger partial charge in [-0.3, -0.25) is 9.11 Å². The van der Waals surface area contributed by atoms with Gasteiger partial charge in [0.1, 0.15) is 5.60 Å². The summed E-state index contributed by atoms with van der Waals surface area (Å²) >= 11 is 0. The average molecular weight is 443 g/mol. The summed E-state index contributed by atoms with van der Waals surface area (Å²) in [6.07, 6.45) is 3.12. The van der Waals surface area contributed by atoms with E-state index in [0.29, 0.717) is 22.9 Å². The molecule has 2 aromatic carbocycles. The SMILES string of the molecule is CC(C)(C)OC(=O)N1CCC(c2cccc3c(S(O)(O)c4ccccc4)c[nH]c23)CC1. The Labute approximate surface area is 184 Å². The number of nitrogens with zero attached hydrogens (tertiary/aromatic N) is 1. The fraction of sp³-hybridized carbons (Fsp3) is 0.375. The third-order valence-electron chi connectivity index (χ3n) is 5.67. The number of hydrogen-bond acceptors (Lipinski definition) is 4. The molecule has 1 fully saturated rings. The first-order valence-electron chi connectivity index (χ1n) is 10.6. The van der Waals surface area contributed by atoms with Crippen LogP contribution >= 0.6 is 10.6 Å². The quantitative estimate of drug-likeness (QED) is 0.435. The first kappa shape index (κ1) is 21.7. The second-order valence-electron chi connectivity index (χ2n) is 9.03. The van der Waals surface area contributed by atoms with Gasteiger partial charge in [-0.1, -0.05) is 36.4 Å². The Kier molecular flexibility index (Phi) is 5.77. The zero-order valence-electron chi connectivity index (χ0n) is 18.2. The maximum atomic E-state index is 12.4. The molecule has 1 aliphatic heterocycles. The molecule has 2 heterocycles. The number of H-pyrrole nitrogens is 1. The van der Waals surface area contributed by atoms with Gasteiger partial charge in [-0.05, 0) is 57.2 Å². The van der Waals surface area contributed by atoms with E-state index in [0.717, 1.165) is 29.3 Å². The van der Waals surface area contributed by atoms with Crippen LogP contribution in [0.3, 0.4) is 0 Å². The molecule has 0 radical (unpaired) electrons. The van der Waals surface area contributed by atoms with Crippen molar-refractivity contribution in [3.63, 3.8) is 0 Å². The molecule has 3 aromatic rings. The van der Waals surface area contributed by atoms with Crippen LogP contribution in [-0.2, 0) is 4.74 Å². The number of aromatic amines is 1.